The number of hydrazine groups is 1. The van der Waals surface area contributed by atoms with Gasteiger partial charge in [-0.3, -0.25) is 11.3 Å². The van der Waals surface area contributed by atoms with E-state index in [0.29, 0.717) is 6.04 Å². The van der Waals surface area contributed by atoms with Crippen molar-refractivity contribution in [2.75, 3.05) is 7.11 Å². The lowest BCUT2D eigenvalue weighted by molar-refractivity contribution is 0.00616. The molecule has 0 radical (unpaired) electrons. The van der Waals surface area contributed by atoms with Gasteiger partial charge in [-0.15, -0.1) is 0 Å². The molecule has 0 saturated carbocycles. The molecule has 0 aromatic carbocycles. The first-order valence-corrected chi connectivity index (χ1v) is 6.07. The van der Waals surface area contributed by atoms with Crippen LogP contribution in [0.25, 0.3) is 0 Å². The Morgan fingerprint density at radius 1 is 1.27 bits per heavy atom. The normalized spacial score (nSPS) is 14.2. The molecule has 15 heavy (non-hydrogen) atoms. The minimum atomic E-state index is -0.0816. The van der Waals surface area contributed by atoms with Crippen molar-refractivity contribution >= 4 is 0 Å². The second kappa shape index (κ2) is 8.08. The summed E-state index contributed by atoms with van der Waals surface area (Å²) in [6.45, 7) is 6.43. The van der Waals surface area contributed by atoms with Crippen LogP contribution < -0.4 is 11.3 Å². The van der Waals surface area contributed by atoms with Crippen molar-refractivity contribution in [3.63, 3.8) is 0 Å². The van der Waals surface area contributed by atoms with Crippen molar-refractivity contribution in [2.24, 2.45) is 5.84 Å². The van der Waals surface area contributed by atoms with Gasteiger partial charge in [0.05, 0.1) is 5.60 Å². The highest BCUT2D eigenvalue weighted by molar-refractivity contribution is 4.76. The Bertz CT molecular complexity index is 149. The van der Waals surface area contributed by atoms with Crippen LogP contribution in [0.15, 0.2) is 0 Å². The Hall–Kier alpha value is -0.120. The van der Waals surface area contributed by atoms with Gasteiger partial charge < -0.3 is 4.74 Å². The molecule has 92 valence electrons. The number of ether oxygens (including phenoxy) is 1. The van der Waals surface area contributed by atoms with Crippen molar-refractivity contribution in [3.8, 4) is 0 Å². The molecule has 3 N–H and O–H groups in total. The van der Waals surface area contributed by atoms with Gasteiger partial charge in [-0.25, -0.2) is 0 Å². The van der Waals surface area contributed by atoms with Crippen LogP contribution in [0.4, 0.5) is 0 Å². The zero-order chi connectivity index (χ0) is 11.7. The van der Waals surface area contributed by atoms with E-state index in [2.05, 4.69) is 26.2 Å². The monoisotopic (exact) mass is 216 g/mol. The lowest BCUT2D eigenvalue weighted by Gasteiger charge is -2.28. The summed E-state index contributed by atoms with van der Waals surface area (Å²) in [7, 11) is 1.75. The number of nitrogens with two attached hydrogens (primary N) is 1. The summed E-state index contributed by atoms with van der Waals surface area (Å²) in [6.07, 6.45) is 7.27. The fourth-order valence-corrected chi connectivity index (χ4v) is 1.74. The number of hydrogen-bond donors (Lipinski definition) is 2. The molecule has 0 aromatic heterocycles. The molecule has 1 unspecified atom stereocenters. The molecular formula is C12H28N2O. The molecule has 0 rings (SSSR count). The highest BCUT2D eigenvalue weighted by atomic mass is 16.5. The fraction of sp³-hybridized carbons (Fsp3) is 1.00. The Morgan fingerprint density at radius 2 is 1.93 bits per heavy atom. The average molecular weight is 216 g/mol. The number of unbranched alkanes of at least 4 members (excludes halogenated alkanes) is 3. The molecule has 3 heteroatoms. The predicted molar refractivity (Wildman–Crippen MR) is 65.6 cm³/mol. The molecule has 0 aliphatic carbocycles. The van der Waals surface area contributed by atoms with Crippen molar-refractivity contribution in [1.82, 2.24) is 5.43 Å². The van der Waals surface area contributed by atoms with E-state index in [-0.39, 0.29) is 5.60 Å². The summed E-state index contributed by atoms with van der Waals surface area (Å²) in [5.74, 6) is 5.54. The van der Waals surface area contributed by atoms with Gasteiger partial charge in [0.25, 0.3) is 0 Å². The zero-order valence-corrected chi connectivity index (χ0v) is 10.8. The molecule has 0 bridgehead atoms. The summed E-state index contributed by atoms with van der Waals surface area (Å²) in [5, 5.41) is 0. The molecule has 0 amide bonds. The van der Waals surface area contributed by atoms with E-state index in [1.54, 1.807) is 7.11 Å². The third kappa shape index (κ3) is 7.77. The topological polar surface area (TPSA) is 47.3 Å². The van der Waals surface area contributed by atoms with Crippen LogP contribution in [-0.2, 0) is 4.74 Å². The van der Waals surface area contributed by atoms with Crippen LogP contribution in [-0.4, -0.2) is 18.8 Å². The van der Waals surface area contributed by atoms with Crippen LogP contribution in [0.3, 0.4) is 0 Å². The molecule has 1 atom stereocenters. The van der Waals surface area contributed by atoms with Gasteiger partial charge in [0.1, 0.15) is 0 Å². The summed E-state index contributed by atoms with van der Waals surface area (Å²) in [5.41, 5.74) is 2.81. The van der Waals surface area contributed by atoms with Crippen LogP contribution in [0.2, 0.25) is 0 Å². The molecule has 3 nitrogen and oxygen atoms in total. The van der Waals surface area contributed by atoms with Crippen molar-refractivity contribution in [3.05, 3.63) is 0 Å². The second-order valence-electron chi connectivity index (χ2n) is 4.88. The standard InChI is InChI=1S/C12H28N2O/c1-5-6-7-8-9-11(14-13)10-12(2,3)15-4/h11,14H,5-10,13H2,1-4H3. The number of hydrogen-bond acceptors (Lipinski definition) is 3. The largest absolute Gasteiger partial charge is 0.379 e. The molecule has 0 fully saturated rings. The molecule has 0 aliphatic heterocycles. The summed E-state index contributed by atoms with van der Waals surface area (Å²) < 4.78 is 5.40. The predicted octanol–water partition coefficient (Wildman–Crippen LogP) is 2.60. The van der Waals surface area contributed by atoms with E-state index in [1.165, 1.54) is 25.7 Å². The second-order valence-corrected chi connectivity index (χ2v) is 4.88. The highest BCUT2D eigenvalue weighted by Crippen LogP contribution is 2.18. The van der Waals surface area contributed by atoms with E-state index in [4.69, 9.17) is 10.6 Å². The van der Waals surface area contributed by atoms with Crippen molar-refractivity contribution < 1.29 is 4.74 Å². The molecule has 0 saturated heterocycles. The maximum Gasteiger partial charge on any atom is 0.0638 e. The van der Waals surface area contributed by atoms with Crippen molar-refractivity contribution in [2.45, 2.75) is 70.9 Å². The third-order valence-corrected chi connectivity index (χ3v) is 2.93. The number of methoxy groups -OCH3 is 1. The first kappa shape index (κ1) is 14.9. The lowest BCUT2D eigenvalue weighted by atomic mass is 9.95. The van der Waals surface area contributed by atoms with E-state index in [0.717, 1.165) is 12.8 Å². The Balaban J connectivity index is 3.72. The van der Waals surface area contributed by atoms with Gasteiger partial charge >= 0.3 is 0 Å². The minimum Gasteiger partial charge on any atom is -0.379 e. The maximum absolute atomic E-state index is 5.54. The van der Waals surface area contributed by atoms with E-state index < -0.39 is 0 Å². The highest BCUT2D eigenvalue weighted by Gasteiger charge is 2.21. The maximum atomic E-state index is 5.54. The van der Waals surface area contributed by atoms with Gasteiger partial charge in [0.15, 0.2) is 0 Å². The Kier molecular flexibility index (Phi) is 8.02. The summed E-state index contributed by atoms with van der Waals surface area (Å²) >= 11 is 0. The summed E-state index contributed by atoms with van der Waals surface area (Å²) in [6, 6.07) is 0.372. The zero-order valence-electron chi connectivity index (χ0n) is 10.8. The summed E-state index contributed by atoms with van der Waals surface area (Å²) in [4.78, 5) is 0. The van der Waals surface area contributed by atoms with Crippen LogP contribution in [0.1, 0.15) is 59.3 Å². The fourth-order valence-electron chi connectivity index (χ4n) is 1.74. The smallest absolute Gasteiger partial charge is 0.0638 e. The first-order chi connectivity index (χ1) is 7.05. The van der Waals surface area contributed by atoms with Crippen LogP contribution in [0.5, 0.6) is 0 Å². The third-order valence-electron chi connectivity index (χ3n) is 2.93. The van der Waals surface area contributed by atoms with E-state index in [1.807, 2.05) is 0 Å². The van der Waals surface area contributed by atoms with Crippen LogP contribution in [0, 0.1) is 0 Å². The molecule has 0 spiro atoms. The van der Waals surface area contributed by atoms with Gasteiger partial charge in [-0.1, -0.05) is 32.6 Å². The van der Waals surface area contributed by atoms with E-state index in [9.17, 15) is 0 Å². The quantitative estimate of drug-likeness (QED) is 0.354. The number of rotatable bonds is 9. The van der Waals surface area contributed by atoms with Gasteiger partial charge in [0, 0.05) is 13.2 Å². The molecular weight excluding hydrogens is 188 g/mol. The Labute approximate surface area is 94.7 Å². The SMILES string of the molecule is CCCCCCC(CC(C)(C)OC)NN. The lowest BCUT2D eigenvalue weighted by Crippen LogP contribution is -2.41. The van der Waals surface area contributed by atoms with Gasteiger partial charge in [-0.05, 0) is 26.7 Å². The first-order valence-electron chi connectivity index (χ1n) is 6.07. The van der Waals surface area contributed by atoms with Gasteiger partial charge in [0.2, 0.25) is 0 Å². The van der Waals surface area contributed by atoms with Gasteiger partial charge in [-0.2, -0.15) is 0 Å². The van der Waals surface area contributed by atoms with Crippen molar-refractivity contribution in [1.29, 1.82) is 0 Å². The van der Waals surface area contributed by atoms with Crippen LogP contribution >= 0.6 is 0 Å². The Morgan fingerprint density at radius 3 is 2.40 bits per heavy atom. The number of nitrogens with one attached hydrogen (secondary N) is 1. The molecule has 0 aromatic rings. The van der Waals surface area contributed by atoms with E-state index >= 15 is 0 Å². The molecule has 0 heterocycles. The average Bonchev–Trinajstić information content (AvgIpc) is 2.22. The minimum absolute atomic E-state index is 0.0816. The molecule has 0 aliphatic rings.